The summed E-state index contributed by atoms with van der Waals surface area (Å²) < 4.78 is 16.4. The topological polar surface area (TPSA) is 68.2 Å². The van der Waals surface area contributed by atoms with Gasteiger partial charge in [0.2, 0.25) is 0 Å². The third-order valence-corrected chi connectivity index (χ3v) is 3.92. The molecule has 1 aliphatic heterocycles. The van der Waals surface area contributed by atoms with E-state index >= 15 is 0 Å². The summed E-state index contributed by atoms with van der Waals surface area (Å²) in [4.78, 5) is 14.1. The van der Waals surface area contributed by atoms with E-state index in [-0.39, 0.29) is 25.7 Å². The second-order valence-electron chi connectivity index (χ2n) is 6.32. The molecule has 6 nitrogen and oxygen atoms in total. The average Bonchev–Trinajstić information content (AvgIpc) is 2.75. The highest BCUT2D eigenvalue weighted by atomic mass is 16.5. The first kappa shape index (κ1) is 17.7. The van der Waals surface area contributed by atoms with Crippen LogP contribution < -0.4 is 4.74 Å². The molecule has 2 rings (SSSR count). The Kier molecular flexibility index (Phi) is 5.62. The second-order valence-corrected chi connectivity index (χ2v) is 6.32. The molecule has 1 atom stereocenters. The van der Waals surface area contributed by atoms with Gasteiger partial charge < -0.3 is 24.2 Å². The molecule has 1 heterocycles. The summed E-state index contributed by atoms with van der Waals surface area (Å²) in [6, 6.07) is 9.25. The standard InChI is InChI=1S/C17H25NO5/c1-16(2,21-3)15(19)18-9-10-22-12-17(20,11-18)13-23-14-7-5-4-6-8-14/h4-8,20H,9-13H2,1-3H3. The van der Waals surface area contributed by atoms with Crippen molar-refractivity contribution in [3.05, 3.63) is 30.3 Å². The number of aliphatic hydroxyl groups is 1. The maximum atomic E-state index is 12.6. The van der Waals surface area contributed by atoms with Crippen molar-refractivity contribution >= 4 is 5.91 Å². The molecule has 1 aliphatic rings. The number of rotatable bonds is 5. The van der Waals surface area contributed by atoms with Crippen LogP contribution in [0.3, 0.4) is 0 Å². The third-order valence-electron chi connectivity index (χ3n) is 3.92. The Labute approximate surface area is 136 Å². The number of ether oxygens (including phenoxy) is 3. The first-order chi connectivity index (χ1) is 10.9. The Bertz CT molecular complexity index is 519. The summed E-state index contributed by atoms with van der Waals surface area (Å²) in [6.07, 6.45) is 0. The van der Waals surface area contributed by atoms with Crippen LogP contribution in [-0.4, -0.2) is 67.1 Å². The molecule has 0 spiro atoms. The van der Waals surface area contributed by atoms with Crippen LogP contribution in [0.4, 0.5) is 0 Å². The molecule has 1 fully saturated rings. The molecule has 1 unspecified atom stereocenters. The molecule has 0 bridgehead atoms. The number of benzene rings is 1. The minimum atomic E-state index is -1.26. The Morgan fingerprint density at radius 3 is 2.74 bits per heavy atom. The average molecular weight is 323 g/mol. The maximum Gasteiger partial charge on any atom is 0.254 e. The van der Waals surface area contributed by atoms with Gasteiger partial charge in [0.25, 0.3) is 5.91 Å². The van der Waals surface area contributed by atoms with Gasteiger partial charge in [0.1, 0.15) is 23.6 Å². The van der Waals surface area contributed by atoms with Crippen LogP contribution >= 0.6 is 0 Å². The van der Waals surface area contributed by atoms with E-state index in [1.54, 1.807) is 18.7 Å². The molecular weight excluding hydrogens is 298 g/mol. The molecule has 0 radical (unpaired) electrons. The molecule has 0 aromatic heterocycles. The first-order valence-electron chi connectivity index (χ1n) is 7.69. The van der Waals surface area contributed by atoms with Crippen LogP contribution in [0.1, 0.15) is 13.8 Å². The van der Waals surface area contributed by atoms with Crippen LogP contribution in [0, 0.1) is 0 Å². The summed E-state index contributed by atoms with van der Waals surface area (Å²) in [5.74, 6) is 0.490. The lowest BCUT2D eigenvalue weighted by molar-refractivity contribution is -0.154. The zero-order chi connectivity index (χ0) is 16.9. The molecule has 128 valence electrons. The molecule has 1 N–H and O–H groups in total. The van der Waals surface area contributed by atoms with Crippen LogP contribution in [0.2, 0.25) is 0 Å². The molecule has 0 aliphatic carbocycles. The third kappa shape index (κ3) is 4.67. The second kappa shape index (κ2) is 7.29. The normalized spacial score (nSPS) is 22.5. The molecular formula is C17H25NO5. The van der Waals surface area contributed by atoms with Crippen LogP contribution in [-0.2, 0) is 14.3 Å². The number of carbonyl (C=O) groups excluding carboxylic acids is 1. The van der Waals surface area contributed by atoms with E-state index in [9.17, 15) is 9.90 Å². The van der Waals surface area contributed by atoms with E-state index in [0.29, 0.717) is 18.9 Å². The molecule has 23 heavy (non-hydrogen) atoms. The molecule has 1 amide bonds. The van der Waals surface area contributed by atoms with Crippen molar-refractivity contribution < 1.29 is 24.1 Å². The number of nitrogens with zero attached hydrogens (tertiary/aromatic N) is 1. The van der Waals surface area contributed by atoms with Gasteiger partial charge in [-0.05, 0) is 26.0 Å². The minimum absolute atomic E-state index is 0.0498. The van der Waals surface area contributed by atoms with Crippen LogP contribution in [0.15, 0.2) is 30.3 Å². The van der Waals surface area contributed by atoms with Crippen LogP contribution in [0.25, 0.3) is 0 Å². The van der Waals surface area contributed by atoms with E-state index in [2.05, 4.69) is 0 Å². The van der Waals surface area contributed by atoms with Gasteiger partial charge in [0.05, 0.1) is 19.8 Å². The van der Waals surface area contributed by atoms with Crippen molar-refractivity contribution in [3.8, 4) is 5.75 Å². The Morgan fingerprint density at radius 2 is 2.09 bits per heavy atom. The quantitative estimate of drug-likeness (QED) is 0.878. The minimum Gasteiger partial charge on any atom is -0.490 e. The maximum absolute atomic E-state index is 12.6. The number of amides is 1. The zero-order valence-electron chi connectivity index (χ0n) is 13.9. The number of methoxy groups -OCH3 is 1. The number of β-amino-alcohol motifs (C(OH)–C–C–N with tert-alkyl or cyclic N) is 1. The van der Waals surface area contributed by atoms with Gasteiger partial charge >= 0.3 is 0 Å². The molecule has 1 aromatic rings. The van der Waals surface area contributed by atoms with Crippen molar-refractivity contribution in [1.82, 2.24) is 4.90 Å². The van der Waals surface area contributed by atoms with Gasteiger partial charge in [-0.2, -0.15) is 0 Å². The largest absolute Gasteiger partial charge is 0.490 e. The van der Waals surface area contributed by atoms with E-state index in [1.807, 2.05) is 30.3 Å². The van der Waals surface area contributed by atoms with Gasteiger partial charge in [0.15, 0.2) is 0 Å². The van der Waals surface area contributed by atoms with Crippen molar-refractivity contribution in [1.29, 1.82) is 0 Å². The van der Waals surface area contributed by atoms with Gasteiger partial charge in [-0.1, -0.05) is 18.2 Å². The Morgan fingerprint density at radius 1 is 1.39 bits per heavy atom. The predicted octanol–water partition coefficient (Wildman–Crippen LogP) is 1.08. The fraction of sp³-hybridized carbons (Fsp3) is 0.588. The fourth-order valence-electron chi connectivity index (χ4n) is 2.38. The molecule has 6 heteroatoms. The number of carbonyl (C=O) groups is 1. The monoisotopic (exact) mass is 323 g/mol. The summed E-state index contributed by atoms with van der Waals surface area (Å²) in [6.45, 7) is 4.52. The number of hydrogen-bond donors (Lipinski definition) is 1. The molecule has 0 saturated carbocycles. The summed E-state index contributed by atoms with van der Waals surface area (Å²) >= 11 is 0. The predicted molar refractivity (Wildman–Crippen MR) is 85.4 cm³/mol. The van der Waals surface area contributed by atoms with Crippen LogP contribution in [0.5, 0.6) is 5.75 Å². The highest BCUT2D eigenvalue weighted by molar-refractivity contribution is 5.84. The highest BCUT2D eigenvalue weighted by Gasteiger charge is 2.39. The fourth-order valence-corrected chi connectivity index (χ4v) is 2.38. The summed E-state index contributed by atoms with van der Waals surface area (Å²) in [5, 5.41) is 10.8. The van der Waals surface area contributed by atoms with E-state index in [1.165, 1.54) is 7.11 Å². The molecule has 1 saturated heterocycles. The van der Waals surface area contributed by atoms with Crippen molar-refractivity contribution in [3.63, 3.8) is 0 Å². The smallest absolute Gasteiger partial charge is 0.254 e. The van der Waals surface area contributed by atoms with E-state index < -0.39 is 11.2 Å². The highest BCUT2D eigenvalue weighted by Crippen LogP contribution is 2.20. The summed E-state index contributed by atoms with van der Waals surface area (Å²) in [7, 11) is 1.50. The SMILES string of the molecule is COC(C)(C)C(=O)N1CCOCC(O)(COc2ccccc2)C1. The lowest BCUT2D eigenvalue weighted by Gasteiger charge is -2.34. The van der Waals surface area contributed by atoms with E-state index in [0.717, 1.165) is 0 Å². The number of hydrogen-bond acceptors (Lipinski definition) is 5. The van der Waals surface area contributed by atoms with E-state index in [4.69, 9.17) is 14.2 Å². The van der Waals surface area contributed by atoms with Gasteiger partial charge in [-0.3, -0.25) is 4.79 Å². The summed E-state index contributed by atoms with van der Waals surface area (Å²) in [5.41, 5.74) is -2.20. The lowest BCUT2D eigenvalue weighted by atomic mass is 10.0. The van der Waals surface area contributed by atoms with Gasteiger partial charge in [-0.15, -0.1) is 0 Å². The number of para-hydroxylation sites is 1. The first-order valence-corrected chi connectivity index (χ1v) is 7.69. The van der Waals surface area contributed by atoms with Crippen molar-refractivity contribution in [2.75, 3.05) is 40.0 Å². The zero-order valence-corrected chi connectivity index (χ0v) is 13.9. The lowest BCUT2D eigenvalue weighted by Crippen LogP contribution is -2.54. The van der Waals surface area contributed by atoms with Gasteiger partial charge in [0, 0.05) is 13.7 Å². The van der Waals surface area contributed by atoms with Crippen molar-refractivity contribution in [2.45, 2.75) is 25.0 Å². The van der Waals surface area contributed by atoms with Crippen molar-refractivity contribution in [2.24, 2.45) is 0 Å². The van der Waals surface area contributed by atoms with Gasteiger partial charge in [-0.25, -0.2) is 0 Å². The molecule has 1 aromatic carbocycles. The Hall–Kier alpha value is -1.63. The Balaban J connectivity index is 2.04.